The number of piperidine rings is 1. The minimum atomic E-state index is 0.561. The van der Waals surface area contributed by atoms with E-state index in [1.807, 2.05) is 0 Å². The summed E-state index contributed by atoms with van der Waals surface area (Å²) in [6, 6.07) is 0. The number of likely N-dealkylation sites (tertiary alicyclic amines) is 1. The van der Waals surface area contributed by atoms with Crippen LogP contribution in [0.5, 0.6) is 5.88 Å². The first-order chi connectivity index (χ1) is 9.69. The molecule has 6 heteroatoms. The number of hydrogen-bond donors (Lipinski definition) is 1. The topological polar surface area (TPSA) is 50.3 Å². The van der Waals surface area contributed by atoms with Crippen LogP contribution in [-0.4, -0.2) is 48.2 Å². The van der Waals surface area contributed by atoms with Gasteiger partial charge in [-0.05, 0) is 47.8 Å². The quantitative estimate of drug-likeness (QED) is 0.861. The van der Waals surface area contributed by atoms with Crippen LogP contribution >= 0.6 is 15.9 Å². The smallest absolute Gasteiger partial charge is 0.232 e. The number of ether oxygens (including phenoxy) is 1. The Morgan fingerprint density at radius 2 is 2.15 bits per heavy atom. The summed E-state index contributed by atoms with van der Waals surface area (Å²) in [7, 11) is 1.61. The number of methoxy groups -OCH3 is 1. The van der Waals surface area contributed by atoms with Gasteiger partial charge in [-0.1, -0.05) is 13.3 Å². The fraction of sp³-hybridized carbons (Fsp3) is 0.714. The number of nitrogens with zero attached hydrogens (tertiary/aromatic N) is 3. The van der Waals surface area contributed by atoms with Crippen molar-refractivity contribution in [3.63, 3.8) is 0 Å². The molecule has 0 spiro atoms. The van der Waals surface area contributed by atoms with Gasteiger partial charge < -0.3 is 15.0 Å². The summed E-state index contributed by atoms with van der Waals surface area (Å²) in [4.78, 5) is 11.1. The van der Waals surface area contributed by atoms with E-state index in [1.54, 1.807) is 13.3 Å². The van der Waals surface area contributed by atoms with Crippen LogP contribution in [0.25, 0.3) is 0 Å². The Hall–Kier alpha value is -0.880. The zero-order chi connectivity index (χ0) is 14.4. The summed E-state index contributed by atoms with van der Waals surface area (Å²) >= 11 is 3.35. The van der Waals surface area contributed by atoms with Crippen molar-refractivity contribution < 1.29 is 4.74 Å². The van der Waals surface area contributed by atoms with Gasteiger partial charge in [0, 0.05) is 13.1 Å². The van der Waals surface area contributed by atoms with Gasteiger partial charge in [0.25, 0.3) is 0 Å². The van der Waals surface area contributed by atoms with E-state index in [0.29, 0.717) is 17.7 Å². The van der Waals surface area contributed by atoms with Crippen LogP contribution < -0.4 is 10.1 Å². The highest BCUT2D eigenvalue weighted by Gasteiger charge is 2.13. The molecule has 112 valence electrons. The molecule has 0 radical (unpaired) electrons. The molecule has 0 bridgehead atoms. The van der Waals surface area contributed by atoms with Crippen LogP contribution in [0.2, 0.25) is 0 Å². The molecule has 0 aromatic carbocycles. The molecule has 1 aromatic heterocycles. The van der Waals surface area contributed by atoms with E-state index >= 15 is 0 Å². The average molecular weight is 343 g/mol. The van der Waals surface area contributed by atoms with Gasteiger partial charge in [0.2, 0.25) is 11.8 Å². The molecule has 0 saturated carbocycles. The Bertz CT molecular complexity index is 424. The SMILES string of the molecule is COc1nc(NCC(C)CN2CCCCC2)ncc1Br. The second kappa shape index (κ2) is 7.78. The largest absolute Gasteiger partial charge is 0.480 e. The fourth-order valence-electron chi connectivity index (χ4n) is 2.49. The van der Waals surface area contributed by atoms with Gasteiger partial charge in [-0.2, -0.15) is 4.98 Å². The third-order valence-corrected chi connectivity index (χ3v) is 4.08. The lowest BCUT2D eigenvalue weighted by Crippen LogP contribution is -2.35. The molecule has 2 heterocycles. The van der Waals surface area contributed by atoms with Crippen LogP contribution in [0.15, 0.2) is 10.7 Å². The van der Waals surface area contributed by atoms with Gasteiger partial charge in [0.15, 0.2) is 0 Å². The Balaban J connectivity index is 1.78. The van der Waals surface area contributed by atoms with E-state index in [4.69, 9.17) is 4.74 Å². The Labute approximate surface area is 129 Å². The van der Waals surface area contributed by atoms with Crippen LogP contribution in [-0.2, 0) is 0 Å². The summed E-state index contributed by atoms with van der Waals surface area (Å²) in [5.41, 5.74) is 0. The van der Waals surface area contributed by atoms with Gasteiger partial charge in [0.05, 0.1) is 17.8 Å². The van der Waals surface area contributed by atoms with Crippen molar-refractivity contribution in [2.45, 2.75) is 26.2 Å². The highest BCUT2D eigenvalue weighted by atomic mass is 79.9. The summed E-state index contributed by atoms with van der Waals surface area (Å²) in [5.74, 6) is 1.76. The lowest BCUT2D eigenvalue weighted by atomic mass is 10.1. The van der Waals surface area contributed by atoms with Gasteiger partial charge in [-0.15, -0.1) is 0 Å². The minimum Gasteiger partial charge on any atom is -0.480 e. The molecule has 0 aliphatic carbocycles. The predicted octanol–water partition coefficient (Wildman–Crippen LogP) is 2.78. The molecular weight excluding hydrogens is 320 g/mol. The van der Waals surface area contributed by atoms with Crippen LogP contribution in [0.4, 0.5) is 5.95 Å². The molecule has 1 N–H and O–H groups in total. The number of nitrogens with one attached hydrogen (secondary N) is 1. The number of halogens is 1. The number of anilines is 1. The summed E-state index contributed by atoms with van der Waals surface area (Å²) in [6.07, 6.45) is 5.78. The molecule has 20 heavy (non-hydrogen) atoms. The third kappa shape index (κ3) is 4.59. The second-order valence-corrected chi connectivity index (χ2v) is 6.25. The molecule has 1 saturated heterocycles. The van der Waals surface area contributed by atoms with Gasteiger partial charge in [-0.3, -0.25) is 0 Å². The van der Waals surface area contributed by atoms with E-state index in [2.05, 4.69) is 43.0 Å². The Morgan fingerprint density at radius 3 is 2.85 bits per heavy atom. The van der Waals surface area contributed by atoms with E-state index in [0.717, 1.165) is 17.6 Å². The molecule has 0 amide bonds. The van der Waals surface area contributed by atoms with Gasteiger partial charge >= 0.3 is 0 Å². The highest BCUT2D eigenvalue weighted by molar-refractivity contribution is 9.10. The molecule has 1 aliphatic heterocycles. The summed E-state index contributed by atoms with van der Waals surface area (Å²) in [5, 5.41) is 3.29. The van der Waals surface area contributed by atoms with Crippen molar-refractivity contribution in [3.05, 3.63) is 10.7 Å². The highest BCUT2D eigenvalue weighted by Crippen LogP contribution is 2.21. The third-order valence-electron chi connectivity index (χ3n) is 3.53. The standard InChI is InChI=1S/C14H23BrN4O/c1-11(10-19-6-4-3-5-7-19)8-16-14-17-9-12(15)13(18-14)20-2/h9,11H,3-8,10H2,1-2H3,(H,16,17,18). The minimum absolute atomic E-state index is 0.561. The van der Waals surface area contributed by atoms with E-state index < -0.39 is 0 Å². The molecule has 1 unspecified atom stereocenters. The first-order valence-electron chi connectivity index (χ1n) is 7.22. The summed E-state index contributed by atoms with van der Waals surface area (Å²) in [6.45, 7) is 6.76. The van der Waals surface area contributed by atoms with Crippen molar-refractivity contribution in [2.75, 3.05) is 38.6 Å². The maximum Gasteiger partial charge on any atom is 0.232 e. The molecule has 2 rings (SSSR count). The molecule has 1 aromatic rings. The number of aromatic nitrogens is 2. The lowest BCUT2D eigenvalue weighted by Gasteiger charge is -2.29. The fourth-order valence-corrected chi connectivity index (χ4v) is 2.85. The monoisotopic (exact) mass is 342 g/mol. The van der Waals surface area contributed by atoms with E-state index in [9.17, 15) is 0 Å². The van der Waals surface area contributed by atoms with Crippen LogP contribution in [0, 0.1) is 5.92 Å². The number of rotatable bonds is 6. The van der Waals surface area contributed by atoms with E-state index in [-0.39, 0.29) is 0 Å². The molecular formula is C14H23BrN4O. The number of hydrogen-bond acceptors (Lipinski definition) is 5. The van der Waals surface area contributed by atoms with Gasteiger partial charge in [0.1, 0.15) is 0 Å². The maximum atomic E-state index is 5.17. The first-order valence-corrected chi connectivity index (χ1v) is 8.01. The molecule has 1 fully saturated rings. The average Bonchev–Trinajstić information content (AvgIpc) is 2.47. The zero-order valence-corrected chi connectivity index (χ0v) is 13.8. The predicted molar refractivity (Wildman–Crippen MR) is 84.2 cm³/mol. The van der Waals surface area contributed by atoms with Crippen molar-refractivity contribution in [1.29, 1.82) is 0 Å². The first kappa shape index (κ1) is 15.5. The normalized spacial score (nSPS) is 17.8. The Kier molecular flexibility index (Phi) is 6.04. The molecule has 1 atom stereocenters. The van der Waals surface area contributed by atoms with E-state index in [1.165, 1.54) is 32.4 Å². The van der Waals surface area contributed by atoms with Crippen molar-refractivity contribution in [2.24, 2.45) is 5.92 Å². The van der Waals surface area contributed by atoms with Crippen LogP contribution in [0.3, 0.4) is 0 Å². The Morgan fingerprint density at radius 1 is 1.40 bits per heavy atom. The van der Waals surface area contributed by atoms with Crippen LogP contribution in [0.1, 0.15) is 26.2 Å². The zero-order valence-electron chi connectivity index (χ0n) is 12.2. The van der Waals surface area contributed by atoms with Gasteiger partial charge in [-0.25, -0.2) is 4.98 Å². The van der Waals surface area contributed by atoms with Crippen molar-refractivity contribution in [1.82, 2.24) is 14.9 Å². The molecule has 1 aliphatic rings. The summed E-state index contributed by atoms with van der Waals surface area (Å²) < 4.78 is 5.94. The second-order valence-electron chi connectivity index (χ2n) is 5.40. The molecule has 5 nitrogen and oxygen atoms in total. The van der Waals surface area contributed by atoms with Crippen molar-refractivity contribution >= 4 is 21.9 Å². The van der Waals surface area contributed by atoms with Crippen molar-refractivity contribution in [3.8, 4) is 5.88 Å². The lowest BCUT2D eigenvalue weighted by molar-refractivity contribution is 0.204. The maximum absolute atomic E-state index is 5.17.